The van der Waals surface area contributed by atoms with Gasteiger partial charge in [-0.15, -0.1) is 0 Å². The SMILES string of the molecule is C=C(C)[C@H]1CC/C(C)=C/CCC(=C)[C@H](O)C1. The Morgan fingerprint density at radius 2 is 2.12 bits per heavy atom. The van der Waals surface area contributed by atoms with Crippen molar-refractivity contribution in [3.8, 4) is 0 Å². The summed E-state index contributed by atoms with van der Waals surface area (Å²) in [5.74, 6) is 0.424. The van der Waals surface area contributed by atoms with Gasteiger partial charge in [-0.3, -0.25) is 0 Å². The van der Waals surface area contributed by atoms with Gasteiger partial charge in [0.25, 0.3) is 0 Å². The van der Waals surface area contributed by atoms with Crippen LogP contribution in [-0.4, -0.2) is 11.2 Å². The lowest BCUT2D eigenvalue weighted by Gasteiger charge is -2.23. The average Bonchev–Trinajstić information content (AvgIpc) is 2.22. The molecular formula is C15H24O. The molecule has 0 amide bonds. The summed E-state index contributed by atoms with van der Waals surface area (Å²) in [6, 6.07) is 0. The third-order valence-electron chi connectivity index (χ3n) is 3.52. The fourth-order valence-corrected chi connectivity index (χ4v) is 2.18. The molecule has 0 saturated carbocycles. The normalized spacial score (nSPS) is 31.7. The van der Waals surface area contributed by atoms with Crippen molar-refractivity contribution in [2.24, 2.45) is 5.92 Å². The summed E-state index contributed by atoms with van der Waals surface area (Å²) in [4.78, 5) is 0. The fraction of sp³-hybridized carbons (Fsp3) is 0.600. The Labute approximate surface area is 99.6 Å². The van der Waals surface area contributed by atoms with Crippen LogP contribution in [0.4, 0.5) is 0 Å². The van der Waals surface area contributed by atoms with Crippen molar-refractivity contribution < 1.29 is 5.11 Å². The maximum atomic E-state index is 10.0. The molecule has 1 aliphatic carbocycles. The van der Waals surface area contributed by atoms with Crippen LogP contribution >= 0.6 is 0 Å². The van der Waals surface area contributed by atoms with E-state index in [-0.39, 0.29) is 6.10 Å². The van der Waals surface area contributed by atoms with E-state index in [1.165, 1.54) is 11.1 Å². The highest BCUT2D eigenvalue weighted by Gasteiger charge is 2.18. The van der Waals surface area contributed by atoms with E-state index in [2.05, 4.69) is 33.1 Å². The Hall–Kier alpha value is -0.820. The Morgan fingerprint density at radius 3 is 2.75 bits per heavy atom. The van der Waals surface area contributed by atoms with Crippen LogP contribution in [0.5, 0.6) is 0 Å². The van der Waals surface area contributed by atoms with Crippen molar-refractivity contribution in [3.63, 3.8) is 0 Å². The smallest absolute Gasteiger partial charge is 0.0753 e. The largest absolute Gasteiger partial charge is 0.389 e. The Balaban J connectivity index is 2.75. The summed E-state index contributed by atoms with van der Waals surface area (Å²) in [6.07, 6.45) is 6.85. The average molecular weight is 220 g/mol. The summed E-state index contributed by atoms with van der Waals surface area (Å²) in [6.45, 7) is 12.3. The van der Waals surface area contributed by atoms with E-state index in [0.29, 0.717) is 5.92 Å². The van der Waals surface area contributed by atoms with E-state index >= 15 is 0 Å². The topological polar surface area (TPSA) is 20.2 Å². The van der Waals surface area contributed by atoms with Crippen LogP contribution in [-0.2, 0) is 0 Å². The first kappa shape index (κ1) is 13.2. The minimum Gasteiger partial charge on any atom is -0.389 e. The van der Waals surface area contributed by atoms with Gasteiger partial charge in [0.05, 0.1) is 6.10 Å². The predicted octanol–water partition coefficient (Wildman–Crippen LogP) is 4.01. The van der Waals surface area contributed by atoms with Crippen LogP contribution in [0.15, 0.2) is 36.0 Å². The van der Waals surface area contributed by atoms with Crippen molar-refractivity contribution in [2.75, 3.05) is 0 Å². The lowest BCUT2D eigenvalue weighted by Crippen LogP contribution is -2.17. The van der Waals surface area contributed by atoms with Crippen LogP contribution in [0.1, 0.15) is 46.0 Å². The Kier molecular flexibility index (Phi) is 5.01. The number of allylic oxidation sites excluding steroid dienone is 3. The zero-order valence-electron chi connectivity index (χ0n) is 10.6. The second-order valence-corrected chi connectivity index (χ2v) is 5.08. The molecule has 1 N–H and O–H groups in total. The van der Waals surface area contributed by atoms with Crippen LogP contribution < -0.4 is 0 Å². The van der Waals surface area contributed by atoms with Crippen molar-refractivity contribution in [3.05, 3.63) is 36.0 Å². The molecule has 90 valence electrons. The molecule has 0 heterocycles. The molecule has 0 aromatic rings. The summed E-state index contributed by atoms with van der Waals surface area (Å²) in [7, 11) is 0. The quantitative estimate of drug-likeness (QED) is 0.662. The molecule has 0 radical (unpaired) electrons. The van der Waals surface area contributed by atoms with Gasteiger partial charge >= 0.3 is 0 Å². The second-order valence-electron chi connectivity index (χ2n) is 5.08. The monoisotopic (exact) mass is 220 g/mol. The van der Waals surface area contributed by atoms with Crippen molar-refractivity contribution >= 4 is 0 Å². The third kappa shape index (κ3) is 3.97. The first-order chi connectivity index (χ1) is 7.50. The number of rotatable bonds is 1. The summed E-state index contributed by atoms with van der Waals surface area (Å²) >= 11 is 0. The highest BCUT2D eigenvalue weighted by Crippen LogP contribution is 2.27. The number of hydrogen-bond acceptors (Lipinski definition) is 1. The van der Waals surface area contributed by atoms with E-state index < -0.39 is 0 Å². The van der Waals surface area contributed by atoms with Gasteiger partial charge in [-0.1, -0.05) is 30.4 Å². The van der Waals surface area contributed by atoms with Crippen LogP contribution in [0, 0.1) is 5.92 Å². The van der Waals surface area contributed by atoms with Crippen LogP contribution in [0.2, 0.25) is 0 Å². The molecule has 2 atom stereocenters. The van der Waals surface area contributed by atoms with E-state index in [0.717, 1.165) is 37.7 Å². The van der Waals surface area contributed by atoms with Gasteiger partial charge in [0.2, 0.25) is 0 Å². The first-order valence-electron chi connectivity index (χ1n) is 6.17. The van der Waals surface area contributed by atoms with Crippen molar-refractivity contribution in [1.29, 1.82) is 0 Å². The Bertz CT molecular complexity index is 299. The summed E-state index contributed by atoms with van der Waals surface area (Å²) in [5, 5.41) is 10.0. The molecule has 0 bridgehead atoms. The van der Waals surface area contributed by atoms with E-state index in [1.54, 1.807) is 0 Å². The van der Waals surface area contributed by atoms with Gasteiger partial charge in [-0.25, -0.2) is 0 Å². The molecule has 0 spiro atoms. The molecule has 0 unspecified atom stereocenters. The van der Waals surface area contributed by atoms with Crippen molar-refractivity contribution in [1.82, 2.24) is 0 Å². The number of hydrogen-bond donors (Lipinski definition) is 1. The van der Waals surface area contributed by atoms with Gasteiger partial charge in [-0.2, -0.15) is 0 Å². The standard InChI is InChI=1S/C15H24O/c1-11(2)14-9-8-12(3)6-5-7-13(4)15(16)10-14/h6,14-16H,1,4-5,7-10H2,2-3H3/b12-6+/t14-,15+/m0/s1. The van der Waals surface area contributed by atoms with Gasteiger partial charge in [0, 0.05) is 0 Å². The number of aliphatic hydroxyl groups excluding tert-OH is 1. The predicted molar refractivity (Wildman–Crippen MR) is 70.3 cm³/mol. The molecule has 1 aliphatic rings. The molecule has 1 nitrogen and oxygen atoms in total. The molecule has 1 rings (SSSR count). The Morgan fingerprint density at radius 1 is 1.44 bits per heavy atom. The zero-order chi connectivity index (χ0) is 12.1. The van der Waals surface area contributed by atoms with Gasteiger partial charge < -0.3 is 5.11 Å². The molecule has 0 fully saturated rings. The molecule has 1 heteroatoms. The molecule has 0 aromatic heterocycles. The van der Waals surface area contributed by atoms with Crippen LogP contribution in [0.3, 0.4) is 0 Å². The third-order valence-corrected chi connectivity index (χ3v) is 3.52. The summed E-state index contributed by atoms with van der Waals surface area (Å²) in [5.41, 5.74) is 3.60. The fourth-order valence-electron chi connectivity index (χ4n) is 2.18. The van der Waals surface area contributed by atoms with Crippen LogP contribution in [0.25, 0.3) is 0 Å². The van der Waals surface area contributed by atoms with E-state index in [1.807, 2.05) is 0 Å². The maximum Gasteiger partial charge on any atom is 0.0753 e. The maximum absolute atomic E-state index is 10.0. The molecular weight excluding hydrogens is 196 g/mol. The zero-order valence-corrected chi connectivity index (χ0v) is 10.6. The minimum atomic E-state index is -0.353. The minimum absolute atomic E-state index is 0.353. The van der Waals surface area contributed by atoms with Crippen molar-refractivity contribution in [2.45, 2.75) is 52.1 Å². The van der Waals surface area contributed by atoms with E-state index in [4.69, 9.17) is 0 Å². The van der Waals surface area contributed by atoms with Gasteiger partial charge in [0.15, 0.2) is 0 Å². The van der Waals surface area contributed by atoms with Gasteiger partial charge in [0.1, 0.15) is 0 Å². The summed E-state index contributed by atoms with van der Waals surface area (Å²) < 4.78 is 0. The highest BCUT2D eigenvalue weighted by molar-refractivity contribution is 5.10. The molecule has 0 aromatic carbocycles. The molecule has 0 saturated heterocycles. The van der Waals surface area contributed by atoms with Gasteiger partial charge in [-0.05, 0) is 57.4 Å². The second kappa shape index (κ2) is 6.05. The first-order valence-corrected chi connectivity index (χ1v) is 6.17. The number of aliphatic hydroxyl groups is 1. The lowest BCUT2D eigenvalue weighted by molar-refractivity contribution is 0.176. The highest BCUT2D eigenvalue weighted by atomic mass is 16.3. The molecule has 16 heavy (non-hydrogen) atoms. The molecule has 0 aliphatic heterocycles. The lowest BCUT2D eigenvalue weighted by atomic mass is 9.85. The van der Waals surface area contributed by atoms with E-state index in [9.17, 15) is 5.11 Å².